The van der Waals surface area contributed by atoms with Crippen LogP contribution in [-0.2, 0) is 9.59 Å². The monoisotopic (exact) mass is 286 g/mol. The molecule has 0 unspecified atom stereocenters. The molecule has 0 radical (unpaired) electrons. The van der Waals surface area contributed by atoms with E-state index in [9.17, 15) is 9.59 Å². The van der Waals surface area contributed by atoms with E-state index in [-0.39, 0.29) is 17.7 Å². The summed E-state index contributed by atoms with van der Waals surface area (Å²) in [4.78, 5) is 26.2. The first kappa shape index (κ1) is 14.1. The van der Waals surface area contributed by atoms with Crippen molar-refractivity contribution in [2.75, 3.05) is 11.4 Å². The molecule has 0 spiro atoms. The quantitative estimate of drug-likeness (QED) is 0.927. The standard InChI is InChI=1S/C17H22N2O2/c1-12-6-8-15(9-7-12)19-11-13(10-16(19)20)17(21)18-14-4-2-3-5-14/h6-9,13-14H,2-5,10-11H2,1H3,(H,18,21)/t13-/m0/s1. The summed E-state index contributed by atoms with van der Waals surface area (Å²) in [5.41, 5.74) is 2.06. The summed E-state index contributed by atoms with van der Waals surface area (Å²) in [6, 6.07) is 8.21. The van der Waals surface area contributed by atoms with Crippen molar-refractivity contribution in [2.24, 2.45) is 5.92 Å². The van der Waals surface area contributed by atoms with Gasteiger partial charge in [0.05, 0.1) is 5.92 Å². The minimum atomic E-state index is -0.209. The summed E-state index contributed by atoms with van der Waals surface area (Å²) in [5, 5.41) is 3.10. The van der Waals surface area contributed by atoms with Crippen LogP contribution < -0.4 is 10.2 Å². The molecule has 112 valence electrons. The van der Waals surface area contributed by atoms with Crippen molar-refractivity contribution in [2.45, 2.75) is 45.1 Å². The summed E-state index contributed by atoms with van der Waals surface area (Å²) in [7, 11) is 0. The Labute approximate surface area is 125 Å². The molecule has 0 aromatic heterocycles. The highest BCUT2D eigenvalue weighted by molar-refractivity contribution is 6.00. The molecule has 4 heteroatoms. The van der Waals surface area contributed by atoms with E-state index in [1.165, 1.54) is 18.4 Å². The lowest BCUT2D eigenvalue weighted by Gasteiger charge is -2.18. The predicted octanol–water partition coefficient (Wildman–Crippen LogP) is 2.41. The number of rotatable bonds is 3. The molecule has 1 atom stereocenters. The topological polar surface area (TPSA) is 49.4 Å². The molecule has 1 saturated heterocycles. The zero-order valence-corrected chi connectivity index (χ0v) is 12.5. The maximum absolute atomic E-state index is 12.3. The van der Waals surface area contributed by atoms with Crippen molar-refractivity contribution in [1.82, 2.24) is 5.32 Å². The number of anilines is 1. The van der Waals surface area contributed by atoms with Crippen LogP contribution in [0.4, 0.5) is 5.69 Å². The molecule has 1 aliphatic carbocycles. The molecule has 1 aromatic rings. The van der Waals surface area contributed by atoms with Crippen molar-refractivity contribution >= 4 is 17.5 Å². The maximum atomic E-state index is 12.3. The van der Waals surface area contributed by atoms with Gasteiger partial charge in [-0.15, -0.1) is 0 Å². The van der Waals surface area contributed by atoms with Gasteiger partial charge in [0.2, 0.25) is 11.8 Å². The van der Waals surface area contributed by atoms with E-state index in [0.717, 1.165) is 18.5 Å². The van der Waals surface area contributed by atoms with Crippen LogP contribution in [0.25, 0.3) is 0 Å². The smallest absolute Gasteiger partial charge is 0.227 e. The van der Waals surface area contributed by atoms with Gasteiger partial charge in [0, 0.05) is 24.7 Å². The van der Waals surface area contributed by atoms with Crippen molar-refractivity contribution in [3.63, 3.8) is 0 Å². The number of carbonyl (C=O) groups excluding carboxylic acids is 2. The third-order valence-corrected chi connectivity index (χ3v) is 4.54. The van der Waals surface area contributed by atoms with Crippen LogP contribution in [-0.4, -0.2) is 24.4 Å². The van der Waals surface area contributed by atoms with E-state index >= 15 is 0 Å². The molecule has 1 heterocycles. The van der Waals surface area contributed by atoms with Crippen LogP contribution in [0.2, 0.25) is 0 Å². The number of amides is 2. The number of benzene rings is 1. The summed E-state index contributed by atoms with van der Waals surface area (Å²) < 4.78 is 0. The number of carbonyl (C=O) groups is 2. The lowest BCUT2D eigenvalue weighted by atomic mass is 10.1. The fourth-order valence-electron chi connectivity index (χ4n) is 3.25. The Morgan fingerprint density at radius 3 is 2.52 bits per heavy atom. The zero-order chi connectivity index (χ0) is 14.8. The van der Waals surface area contributed by atoms with Gasteiger partial charge in [-0.05, 0) is 31.9 Å². The number of nitrogens with one attached hydrogen (secondary N) is 1. The molecule has 2 amide bonds. The molecule has 21 heavy (non-hydrogen) atoms. The van der Waals surface area contributed by atoms with E-state index in [1.807, 2.05) is 31.2 Å². The van der Waals surface area contributed by atoms with Crippen molar-refractivity contribution < 1.29 is 9.59 Å². The van der Waals surface area contributed by atoms with Crippen molar-refractivity contribution in [3.8, 4) is 0 Å². The average molecular weight is 286 g/mol. The van der Waals surface area contributed by atoms with Crippen LogP contribution in [0.3, 0.4) is 0 Å². The molecule has 2 fully saturated rings. The Kier molecular flexibility index (Phi) is 3.95. The van der Waals surface area contributed by atoms with Gasteiger partial charge in [-0.2, -0.15) is 0 Å². The minimum Gasteiger partial charge on any atom is -0.353 e. The molecule has 4 nitrogen and oxygen atoms in total. The van der Waals surface area contributed by atoms with E-state index in [1.54, 1.807) is 4.90 Å². The number of aryl methyl sites for hydroxylation is 1. The molecular formula is C17H22N2O2. The summed E-state index contributed by atoms with van der Waals surface area (Å²) >= 11 is 0. The third-order valence-electron chi connectivity index (χ3n) is 4.54. The first-order valence-corrected chi connectivity index (χ1v) is 7.81. The van der Waals surface area contributed by atoms with Gasteiger partial charge in [0.15, 0.2) is 0 Å². The molecule has 1 aromatic carbocycles. The van der Waals surface area contributed by atoms with Crippen LogP contribution in [0.15, 0.2) is 24.3 Å². The van der Waals surface area contributed by atoms with Gasteiger partial charge < -0.3 is 10.2 Å². The SMILES string of the molecule is Cc1ccc(N2C[C@@H](C(=O)NC3CCCC3)CC2=O)cc1. The Bertz CT molecular complexity index is 532. The number of hydrogen-bond acceptors (Lipinski definition) is 2. The van der Waals surface area contributed by atoms with Crippen LogP contribution in [0, 0.1) is 12.8 Å². The summed E-state index contributed by atoms with van der Waals surface area (Å²) in [5.74, 6) is -0.116. The number of hydrogen-bond donors (Lipinski definition) is 1. The third kappa shape index (κ3) is 3.09. The minimum absolute atomic E-state index is 0.0462. The van der Waals surface area contributed by atoms with Crippen LogP contribution in [0.1, 0.15) is 37.7 Å². The Morgan fingerprint density at radius 2 is 1.86 bits per heavy atom. The largest absolute Gasteiger partial charge is 0.353 e. The lowest BCUT2D eigenvalue weighted by molar-refractivity contribution is -0.126. The second-order valence-electron chi connectivity index (χ2n) is 6.23. The van der Waals surface area contributed by atoms with Gasteiger partial charge in [-0.3, -0.25) is 9.59 Å². The first-order chi connectivity index (χ1) is 10.1. The van der Waals surface area contributed by atoms with Gasteiger partial charge in [0.1, 0.15) is 0 Å². The van der Waals surface area contributed by atoms with Crippen molar-refractivity contribution in [1.29, 1.82) is 0 Å². The maximum Gasteiger partial charge on any atom is 0.227 e. The van der Waals surface area contributed by atoms with Crippen molar-refractivity contribution in [3.05, 3.63) is 29.8 Å². The van der Waals surface area contributed by atoms with Gasteiger partial charge in [-0.25, -0.2) is 0 Å². The van der Waals surface area contributed by atoms with Crippen LogP contribution in [0.5, 0.6) is 0 Å². The fraction of sp³-hybridized carbons (Fsp3) is 0.529. The Hall–Kier alpha value is -1.84. The van der Waals surface area contributed by atoms with Gasteiger partial charge in [-0.1, -0.05) is 30.5 Å². The molecule has 1 N–H and O–H groups in total. The zero-order valence-electron chi connectivity index (χ0n) is 12.5. The normalized spacial score (nSPS) is 22.8. The second-order valence-corrected chi connectivity index (χ2v) is 6.23. The average Bonchev–Trinajstić information content (AvgIpc) is 3.09. The highest BCUT2D eigenvalue weighted by Gasteiger charge is 2.35. The van der Waals surface area contributed by atoms with Gasteiger partial charge in [0.25, 0.3) is 0 Å². The Morgan fingerprint density at radius 1 is 1.19 bits per heavy atom. The van der Waals surface area contributed by atoms with E-state index in [2.05, 4.69) is 5.32 Å². The molecular weight excluding hydrogens is 264 g/mol. The molecule has 1 aliphatic heterocycles. The lowest BCUT2D eigenvalue weighted by Crippen LogP contribution is -2.38. The molecule has 3 rings (SSSR count). The predicted molar refractivity (Wildman–Crippen MR) is 82.0 cm³/mol. The van der Waals surface area contributed by atoms with E-state index in [4.69, 9.17) is 0 Å². The highest BCUT2D eigenvalue weighted by Crippen LogP contribution is 2.26. The highest BCUT2D eigenvalue weighted by atomic mass is 16.2. The van der Waals surface area contributed by atoms with Gasteiger partial charge >= 0.3 is 0 Å². The molecule has 1 saturated carbocycles. The molecule has 2 aliphatic rings. The second kappa shape index (κ2) is 5.88. The Balaban J connectivity index is 1.63. The van der Waals surface area contributed by atoms with E-state index < -0.39 is 0 Å². The summed E-state index contributed by atoms with van der Waals surface area (Å²) in [6.07, 6.45) is 4.88. The fourth-order valence-corrected chi connectivity index (χ4v) is 3.25. The number of nitrogens with zero attached hydrogens (tertiary/aromatic N) is 1. The van der Waals surface area contributed by atoms with E-state index in [0.29, 0.717) is 19.0 Å². The first-order valence-electron chi connectivity index (χ1n) is 7.81. The van der Waals surface area contributed by atoms with Crippen LogP contribution >= 0.6 is 0 Å². The molecule has 0 bridgehead atoms. The summed E-state index contributed by atoms with van der Waals surface area (Å²) in [6.45, 7) is 2.52.